The van der Waals surface area contributed by atoms with Gasteiger partial charge in [0.15, 0.2) is 0 Å². The zero-order valence-corrected chi connectivity index (χ0v) is 13.5. The fourth-order valence-corrected chi connectivity index (χ4v) is 2.25. The minimum atomic E-state index is -0.995. The zero-order valence-electron chi connectivity index (χ0n) is 13.5. The fraction of sp³-hybridized carbons (Fsp3) is 0.222. The number of rotatable bonds is 7. The molecule has 2 N–H and O–H groups in total. The largest absolute Gasteiger partial charge is 0.497 e. The van der Waals surface area contributed by atoms with Crippen molar-refractivity contribution in [3.63, 3.8) is 0 Å². The van der Waals surface area contributed by atoms with Crippen molar-refractivity contribution in [2.75, 3.05) is 14.2 Å². The van der Waals surface area contributed by atoms with Gasteiger partial charge < -0.3 is 19.9 Å². The van der Waals surface area contributed by atoms with Gasteiger partial charge in [0.05, 0.1) is 26.7 Å². The zero-order chi connectivity index (χ0) is 17.5. The number of carboxylic acids is 1. The van der Waals surface area contributed by atoms with Crippen molar-refractivity contribution in [3.05, 3.63) is 59.7 Å². The van der Waals surface area contributed by atoms with Crippen LogP contribution >= 0.6 is 0 Å². The van der Waals surface area contributed by atoms with Crippen molar-refractivity contribution < 1.29 is 24.2 Å². The SMILES string of the molecule is COc1ccc(C(=O)NC(CC(=O)O)c2ccc(OC)cc2)cc1. The molecule has 0 aliphatic rings. The highest BCUT2D eigenvalue weighted by molar-refractivity contribution is 5.94. The van der Waals surface area contributed by atoms with E-state index in [4.69, 9.17) is 14.6 Å². The molecular formula is C18H19NO5. The van der Waals surface area contributed by atoms with Gasteiger partial charge in [-0.3, -0.25) is 9.59 Å². The number of benzene rings is 2. The first-order valence-corrected chi connectivity index (χ1v) is 7.34. The van der Waals surface area contributed by atoms with Gasteiger partial charge in [0.2, 0.25) is 0 Å². The maximum absolute atomic E-state index is 12.4. The van der Waals surface area contributed by atoms with Crippen LogP contribution in [0.3, 0.4) is 0 Å². The molecule has 0 bridgehead atoms. The van der Waals surface area contributed by atoms with Crippen molar-refractivity contribution in [3.8, 4) is 11.5 Å². The highest BCUT2D eigenvalue weighted by atomic mass is 16.5. The van der Waals surface area contributed by atoms with Gasteiger partial charge in [-0.15, -0.1) is 0 Å². The lowest BCUT2D eigenvalue weighted by atomic mass is 10.0. The van der Waals surface area contributed by atoms with E-state index < -0.39 is 12.0 Å². The highest BCUT2D eigenvalue weighted by Crippen LogP contribution is 2.21. The summed E-state index contributed by atoms with van der Waals surface area (Å²) in [5.41, 5.74) is 1.12. The topological polar surface area (TPSA) is 84.9 Å². The van der Waals surface area contributed by atoms with Crippen LogP contribution < -0.4 is 14.8 Å². The summed E-state index contributed by atoms with van der Waals surface area (Å²) in [7, 11) is 3.09. The third-order valence-corrected chi connectivity index (χ3v) is 3.55. The van der Waals surface area contributed by atoms with E-state index in [1.54, 1.807) is 62.8 Å². The number of methoxy groups -OCH3 is 2. The number of nitrogens with one attached hydrogen (secondary N) is 1. The van der Waals surface area contributed by atoms with Crippen LogP contribution in [0.5, 0.6) is 11.5 Å². The van der Waals surface area contributed by atoms with Crippen molar-refractivity contribution in [1.29, 1.82) is 0 Å². The van der Waals surface area contributed by atoms with Crippen LogP contribution in [-0.2, 0) is 4.79 Å². The third kappa shape index (κ3) is 4.49. The Balaban J connectivity index is 2.17. The van der Waals surface area contributed by atoms with Crippen molar-refractivity contribution in [2.24, 2.45) is 0 Å². The molecule has 0 aromatic heterocycles. The van der Waals surface area contributed by atoms with Gasteiger partial charge in [0.25, 0.3) is 5.91 Å². The molecule has 1 unspecified atom stereocenters. The number of hydrogen-bond donors (Lipinski definition) is 2. The van der Waals surface area contributed by atoms with Gasteiger partial charge in [-0.1, -0.05) is 12.1 Å². The van der Waals surface area contributed by atoms with E-state index in [0.717, 1.165) is 0 Å². The lowest BCUT2D eigenvalue weighted by molar-refractivity contribution is -0.137. The normalized spacial score (nSPS) is 11.4. The standard InChI is InChI=1S/C18H19NO5/c1-23-14-7-3-12(4-8-14)16(11-17(20)21)19-18(22)13-5-9-15(24-2)10-6-13/h3-10,16H,11H2,1-2H3,(H,19,22)(H,20,21). The lowest BCUT2D eigenvalue weighted by Crippen LogP contribution is -2.30. The van der Waals surface area contributed by atoms with Crippen LogP contribution in [-0.4, -0.2) is 31.2 Å². The fourth-order valence-electron chi connectivity index (χ4n) is 2.25. The van der Waals surface area contributed by atoms with E-state index >= 15 is 0 Å². The van der Waals surface area contributed by atoms with Crippen LogP contribution in [0.15, 0.2) is 48.5 Å². The Morgan fingerprint density at radius 2 is 1.46 bits per heavy atom. The number of carboxylic acid groups (broad SMARTS) is 1. The number of carbonyl (C=O) groups excluding carboxylic acids is 1. The summed E-state index contributed by atoms with van der Waals surface area (Å²) in [6, 6.07) is 12.9. The number of aliphatic carboxylic acids is 1. The minimum absolute atomic E-state index is 0.214. The maximum atomic E-state index is 12.4. The van der Waals surface area contributed by atoms with Crippen molar-refractivity contribution in [1.82, 2.24) is 5.32 Å². The number of amides is 1. The summed E-state index contributed by atoms with van der Waals surface area (Å²) < 4.78 is 10.1. The Bertz CT molecular complexity index is 694. The average molecular weight is 329 g/mol. The molecule has 24 heavy (non-hydrogen) atoms. The molecule has 6 nitrogen and oxygen atoms in total. The Labute approximate surface area is 140 Å². The number of hydrogen-bond acceptors (Lipinski definition) is 4. The Morgan fingerprint density at radius 1 is 0.958 bits per heavy atom. The molecule has 0 spiro atoms. The predicted molar refractivity (Wildman–Crippen MR) is 88.4 cm³/mol. The van der Waals surface area contributed by atoms with E-state index in [0.29, 0.717) is 22.6 Å². The molecule has 2 aromatic rings. The Hall–Kier alpha value is -3.02. The summed E-state index contributed by atoms with van der Waals surface area (Å²) in [6.45, 7) is 0. The van der Waals surface area contributed by atoms with Gasteiger partial charge in [-0.25, -0.2) is 0 Å². The smallest absolute Gasteiger partial charge is 0.305 e. The van der Waals surface area contributed by atoms with E-state index in [1.807, 2.05) is 0 Å². The van der Waals surface area contributed by atoms with Gasteiger partial charge in [-0.05, 0) is 42.0 Å². The average Bonchev–Trinajstić information content (AvgIpc) is 2.61. The second kappa shape index (κ2) is 8.01. The highest BCUT2D eigenvalue weighted by Gasteiger charge is 2.19. The van der Waals surface area contributed by atoms with E-state index in [1.165, 1.54) is 0 Å². The van der Waals surface area contributed by atoms with Crippen LogP contribution in [0.4, 0.5) is 0 Å². The van der Waals surface area contributed by atoms with Crippen LogP contribution in [0.25, 0.3) is 0 Å². The molecule has 0 fully saturated rings. The number of carbonyl (C=O) groups is 2. The van der Waals surface area contributed by atoms with Gasteiger partial charge in [0, 0.05) is 5.56 Å². The van der Waals surface area contributed by atoms with E-state index in [9.17, 15) is 9.59 Å². The molecule has 0 saturated heterocycles. The van der Waals surface area contributed by atoms with Crippen molar-refractivity contribution in [2.45, 2.75) is 12.5 Å². The first-order chi connectivity index (χ1) is 11.5. The van der Waals surface area contributed by atoms with Crippen molar-refractivity contribution >= 4 is 11.9 Å². The van der Waals surface area contributed by atoms with Crippen LogP contribution in [0, 0.1) is 0 Å². The first-order valence-electron chi connectivity index (χ1n) is 7.34. The summed E-state index contributed by atoms with van der Waals surface area (Å²) in [6.07, 6.45) is -0.214. The molecule has 6 heteroatoms. The first kappa shape index (κ1) is 17.3. The van der Waals surface area contributed by atoms with Gasteiger partial charge in [0.1, 0.15) is 11.5 Å². The van der Waals surface area contributed by atoms with Gasteiger partial charge in [-0.2, -0.15) is 0 Å². The summed E-state index contributed by atoms with van der Waals surface area (Å²) in [4.78, 5) is 23.5. The monoisotopic (exact) mass is 329 g/mol. The third-order valence-electron chi connectivity index (χ3n) is 3.55. The molecule has 0 aliphatic heterocycles. The molecule has 126 valence electrons. The second-order valence-corrected chi connectivity index (χ2v) is 5.13. The van der Waals surface area contributed by atoms with Crippen LogP contribution in [0.2, 0.25) is 0 Å². The lowest BCUT2D eigenvalue weighted by Gasteiger charge is -2.18. The Morgan fingerprint density at radius 3 is 1.92 bits per heavy atom. The summed E-state index contributed by atoms with van der Waals surface area (Å²) in [5, 5.41) is 11.9. The number of ether oxygens (including phenoxy) is 2. The van der Waals surface area contributed by atoms with Crippen LogP contribution in [0.1, 0.15) is 28.4 Å². The molecule has 1 amide bonds. The molecule has 1 atom stereocenters. The predicted octanol–water partition coefficient (Wildman–Crippen LogP) is 2.65. The van der Waals surface area contributed by atoms with E-state index in [2.05, 4.69) is 5.32 Å². The Kier molecular flexibility index (Phi) is 5.78. The molecule has 0 heterocycles. The molecule has 0 saturated carbocycles. The molecule has 0 aliphatic carbocycles. The summed E-state index contributed by atoms with van der Waals surface area (Å²) >= 11 is 0. The van der Waals surface area contributed by atoms with E-state index in [-0.39, 0.29) is 12.3 Å². The second-order valence-electron chi connectivity index (χ2n) is 5.13. The minimum Gasteiger partial charge on any atom is -0.497 e. The van der Waals surface area contributed by atoms with Gasteiger partial charge >= 0.3 is 5.97 Å². The molecule has 2 aromatic carbocycles. The molecule has 0 radical (unpaired) electrons. The summed E-state index contributed by atoms with van der Waals surface area (Å²) in [5.74, 6) is -0.0383. The maximum Gasteiger partial charge on any atom is 0.305 e. The molecular weight excluding hydrogens is 310 g/mol. The molecule has 2 rings (SSSR count). The quantitative estimate of drug-likeness (QED) is 0.816.